The summed E-state index contributed by atoms with van der Waals surface area (Å²) in [5.41, 5.74) is 0.849. The van der Waals surface area contributed by atoms with Crippen LogP contribution in [0.2, 0.25) is 0 Å². The number of nitrogens with zero attached hydrogens (tertiary/aromatic N) is 2. The Labute approximate surface area is 97.8 Å². The number of amides is 1. The van der Waals surface area contributed by atoms with Gasteiger partial charge in [0.15, 0.2) is 0 Å². The van der Waals surface area contributed by atoms with Gasteiger partial charge in [-0.15, -0.1) is 0 Å². The highest BCUT2D eigenvalue weighted by Gasteiger charge is 2.34. The number of carbonyl (C=O) groups excluding carboxylic acids is 1. The number of hydrogen-bond donors (Lipinski definition) is 1. The van der Waals surface area contributed by atoms with Crippen LogP contribution in [0.1, 0.15) is 12.0 Å². The maximum atomic E-state index is 11.5. The molecule has 1 aromatic heterocycles. The summed E-state index contributed by atoms with van der Waals surface area (Å²) in [6, 6.07) is 3.19. The quantitative estimate of drug-likeness (QED) is 0.839. The molecule has 1 aliphatic rings. The maximum Gasteiger partial charge on any atom is 0.410 e. The number of hydrogen-bond acceptors (Lipinski definition) is 4. The van der Waals surface area contributed by atoms with Crippen LogP contribution in [0.5, 0.6) is 0 Å². The molecule has 0 bridgehead atoms. The number of ether oxygens (including phenoxy) is 1. The van der Waals surface area contributed by atoms with Gasteiger partial charge in [-0.25, -0.2) is 4.79 Å². The van der Waals surface area contributed by atoms with E-state index in [9.17, 15) is 9.59 Å². The normalized spacial score (nSPS) is 19.2. The van der Waals surface area contributed by atoms with Gasteiger partial charge in [-0.3, -0.25) is 14.7 Å². The lowest BCUT2D eigenvalue weighted by atomic mass is 10.2. The lowest BCUT2D eigenvalue weighted by Gasteiger charge is -2.19. The van der Waals surface area contributed by atoms with Gasteiger partial charge in [0.25, 0.3) is 0 Å². The van der Waals surface area contributed by atoms with Crippen LogP contribution in [0.15, 0.2) is 24.5 Å². The second-order valence-corrected chi connectivity index (χ2v) is 3.82. The third kappa shape index (κ3) is 2.72. The van der Waals surface area contributed by atoms with Crippen molar-refractivity contribution in [2.75, 3.05) is 6.61 Å². The van der Waals surface area contributed by atoms with Crippen molar-refractivity contribution >= 4 is 12.1 Å². The fourth-order valence-corrected chi connectivity index (χ4v) is 1.74. The van der Waals surface area contributed by atoms with Gasteiger partial charge in [0.05, 0.1) is 19.0 Å². The predicted octanol–water partition coefficient (Wildman–Crippen LogP) is 0.877. The Bertz CT molecular complexity index is 421. The Hall–Kier alpha value is -2.11. The Kier molecular flexibility index (Phi) is 3.22. The van der Waals surface area contributed by atoms with Gasteiger partial charge < -0.3 is 9.84 Å². The van der Waals surface area contributed by atoms with Crippen LogP contribution in [-0.2, 0) is 16.1 Å². The Morgan fingerprint density at radius 1 is 1.65 bits per heavy atom. The summed E-state index contributed by atoms with van der Waals surface area (Å²) in [5, 5.41) is 8.74. The zero-order valence-corrected chi connectivity index (χ0v) is 9.07. The number of cyclic esters (lactones) is 1. The molecule has 6 heteroatoms. The standard InChI is InChI=1S/C11H12N2O4/c14-10(15)4-9-7-17-11(16)13(9)6-8-2-1-3-12-5-8/h1-3,5,9H,4,6-7H2,(H,14,15). The smallest absolute Gasteiger partial charge is 0.410 e. The third-order valence-electron chi connectivity index (χ3n) is 2.56. The molecule has 17 heavy (non-hydrogen) atoms. The highest BCUT2D eigenvalue weighted by molar-refractivity contribution is 5.73. The fraction of sp³-hybridized carbons (Fsp3) is 0.364. The molecule has 0 aliphatic carbocycles. The summed E-state index contributed by atoms with van der Waals surface area (Å²) in [6.45, 7) is 0.454. The van der Waals surface area contributed by atoms with Crippen LogP contribution in [-0.4, -0.2) is 39.7 Å². The first kappa shape index (κ1) is 11.4. The van der Waals surface area contributed by atoms with Crippen molar-refractivity contribution in [3.8, 4) is 0 Å². The van der Waals surface area contributed by atoms with E-state index in [1.165, 1.54) is 4.90 Å². The Morgan fingerprint density at radius 3 is 3.12 bits per heavy atom. The highest BCUT2D eigenvalue weighted by atomic mass is 16.6. The second kappa shape index (κ2) is 4.82. The molecule has 0 spiro atoms. The van der Waals surface area contributed by atoms with E-state index in [1.807, 2.05) is 6.07 Å². The summed E-state index contributed by atoms with van der Waals surface area (Å²) in [7, 11) is 0. The van der Waals surface area contributed by atoms with E-state index < -0.39 is 18.1 Å². The molecule has 0 radical (unpaired) electrons. The molecule has 6 nitrogen and oxygen atoms in total. The van der Waals surface area contributed by atoms with Gasteiger partial charge in [-0.2, -0.15) is 0 Å². The minimum atomic E-state index is -0.940. The molecule has 1 atom stereocenters. The molecule has 1 amide bonds. The molecule has 90 valence electrons. The fourth-order valence-electron chi connectivity index (χ4n) is 1.74. The van der Waals surface area contributed by atoms with Gasteiger partial charge in [0, 0.05) is 12.4 Å². The van der Waals surface area contributed by atoms with Crippen LogP contribution in [0, 0.1) is 0 Å². The molecule has 1 N–H and O–H groups in total. The van der Waals surface area contributed by atoms with Crippen LogP contribution < -0.4 is 0 Å². The monoisotopic (exact) mass is 236 g/mol. The van der Waals surface area contributed by atoms with Crippen molar-refractivity contribution in [1.29, 1.82) is 0 Å². The highest BCUT2D eigenvalue weighted by Crippen LogP contribution is 2.18. The molecular formula is C11H12N2O4. The largest absolute Gasteiger partial charge is 0.481 e. The number of rotatable bonds is 4. The van der Waals surface area contributed by atoms with E-state index in [0.29, 0.717) is 6.54 Å². The molecule has 2 heterocycles. The van der Waals surface area contributed by atoms with E-state index in [4.69, 9.17) is 9.84 Å². The van der Waals surface area contributed by atoms with Crippen molar-refractivity contribution in [1.82, 2.24) is 9.88 Å². The van der Waals surface area contributed by atoms with E-state index in [1.54, 1.807) is 18.5 Å². The van der Waals surface area contributed by atoms with Crippen molar-refractivity contribution in [3.05, 3.63) is 30.1 Å². The molecule has 1 aliphatic heterocycles. The predicted molar refractivity (Wildman–Crippen MR) is 57.2 cm³/mol. The van der Waals surface area contributed by atoms with Gasteiger partial charge in [0.2, 0.25) is 0 Å². The number of aromatic nitrogens is 1. The van der Waals surface area contributed by atoms with E-state index in [-0.39, 0.29) is 13.0 Å². The average molecular weight is 236 g/mol. The molecule has 1 aromatic rings. The summed E-state index contributed by atoms with van der Waals surface area (Å²) < 4.78 is 4.85. The average Bonchev–Trinajstić information content (AvgIpc) is 2.62. The number of carbonyl (C=O) groups is 2. The Morgan fingerprint density at radius 2 is 2.47 bits per heavy atom. The topological polar surface area (TPSA) is 79.7 Å². The number of pyridine rings is 1. The maximum absolute atomic E-state index is 11.5. The number of aliphatic carboxylic acids is 1. The molecule has 1 unspecified atom stereocenters. The van der Waals surface area contributed by atoms with E-state index >= 15 is 0 Å². The van der Waals surface area contributed by atoms with Gasteiger partial charge in [-0.1, -0.05) is 6.07 Å². The summed E-state index contributed by atoms with van der Waals surface area (Å²) >= 11 is 0. The van der Waals surface area contributed by atoms with E-state index in [2.05, 4.69) is 4.98 Å². The summed E-state index contributed by atoms with van der Waals surface area (Å²) in [6.07, 6.45) is 2.70. The molecule has 0 aromatic carbocycles. The van der Waals surface area contributed by atoms with Crippen LogP contribution in [0.3, 0.4) is 0 Å². The first-order chi connectivity index (χ1) is 8.16. The van der Waals surface area contributed by atoms with Crippen molar-refractivity contribution < 1.29 is 19.4 Å². The van der Waals surface area contributed by atoms with Gasteiger partial charge in [0.1, 0.15) is 6.61 Å². The van der Waals surface area contributed by atoms with Crippen LogP contribution in [0.4, 0.5) is 4.79 Å². The van der Waals surface area contributed by atoms with Crippen LogP contribution >= 0.6 is 0 Å². The first-order valence-electron chi connectivity index (χ1n) is 5.21. The van der Waals surface area contributed by atoms with Crippen molar-refractivity contribution in [2.45, 2.75) is 19.0 Å². The zero-order valence-electron chi connectivity index (χ0n) is 9.07. The lowest BCUT2D eigenvalue weighted by molar-refractivity contribution is -0.138. The molecular weight excluding hydrogens is 224 g/mol. The SMILES string of the molecule is O=C(O)CC1COC(=O)N1Cc1cccnc1. The molecule has 0 saturated carbocycles. The summed E-state index contributed by atoms with van der Waals surface area (Å²) in [4.78, 5) is 27.5. The number of carboxylic acids is 1. The van der Waals surface area contributed by atoms with E-state index in [0.717, 1.165) is 5.56 Å². The van der Waals surface area contributed by atoms with Gasteiger partial charge >= 0.3 is 12.1 Å². The summed E-state index contributed by atoms with van der Waals surface area (Å²) in [5.74, 6) is -0.940. The zero-order chi connectivity index (χ0) is 12.3. The van der Waals surface area contributed by atoms with Crippen molar-refractivity contribution in [2.24, 2.45) is 0 Å². The minimum absolute atomic E-state index is 0.105. The van der Waals surface area contributed by atoms with Crippen molar-refractivity contribution in [3.63, 3.8) is 0 Å². The lowest BCUT2D eigenvalue weighted by Crippen LogP contribution is -2.34. The third-order valence-corrected chi connectivity index (χ3v) is 2.56. The molecule has 2 rings (SSSR count). The first-order valence-corrected chi connectivity index (χ1v) is 5.21. The number of carboxylic acid groups (broad SMARTS) is 1. The minimum Gasteiger partial charge on any atom is -0.481 e. The molecule has 1 saturated heterocycles. The second-order valence-electron chi connectivity index (χ2n) is 3.82. The Balaban J connectivity index is 2.06. The molecule has 1 fully saturated rings. The van der Waals surface area contributed by atoms with Crippen LogP contribution in [0.25, 0.3) is 0 Å². The van der Waals surface area contributed by atoms with Gasteiger partial charge in [-0.05, 0) is 11.6 Å².